The van der Waals surface area contributed by atoms with Crippen molar-refractivity contribution in [1.82, 2.24) is 23.7 Å². The second kappa shape index (κ2) is 12.2. The van der Waals surface area contributed by atoms with Crippen molar-refractivity contribution in [2.24, 2.45) is 0 Å². The van der Waals surface area contributed by atoms with Crippen LogP contribution in [0.25, 0.3) is 116 Å². The second-order valence-electron chi connectivity index (χ2n) is 15.4. The van der Waals surface area contributed by atoms with Crippen LogP contribution < -0.4 is 0 Å². The van der Waals surface area contributed by atoms with Gasteiger partial charge in [0.2, 0.25) is 0 Å². The lowest BCUT2D eigenvalue weighted by molar-refractivity contribution is 1.08. The minimum atomic E-state index is 0.686. The monoisotopic (exact) mass is 751 g/mol. The van der Waals surface area contributed by atoms with Crippen LogP contribution >= 0.6 is 0 Å². The minimum absolute atomic E-state index is 0.686. The summed E-state index contributed by atoms with van der Waals surface area (Å²) in [6.07, 6.45) is 0. The average Bonchev–Trinajstić information content (AvgIpc) is 3.93. The Kier molecular flexibility index (Phi) is 6.66. The molecule has 13 aromatic rings. The normalized spacial score (nSPS) is 12.1. The summed E-state index contributed by atoms with van der Waals surface area (Å²) < 4.78 is 7.09. The van der Waals surface area contributed by atoms with Crippen molar-refractivity contribution < 1.29 is 0 Å². The summed E-state index contributed by atoms with van der Waals surface area (Å²) >= 11 is 0. The van der Waals surface area contributed by atoms with Gasteiger partial charge in [0.05, 0.1) is 38.6 Å². The first-order valence-electron chi connectivity index (χ1n) is 20.1. The molecule has 0 unspecified atom stereocenters. The van der Waals surface area contributed by atoms with Crippen LogP contribution in [0.1, 0.15) is 0 Å². The highest BCUT2D eigenvalue weighted by Crippen LogP contribution is 2.40. The lowest BCUT2D eigenvalue weighted by atomic mass is 10.1. The van der Waals surface area contributed by atoms with Gasteiger partial charge >= 0.3 is 0 Å². The molecule has 0 aliphatic rings. The fourth-order valence-electron chi connectivity index (χ4n) is 9.59. The quantitative estimate of drug-likeness (QED) is 0.180. The van der Waals surface area contributed by atoms with Crippen LogP contribution in [-0.4, -0.2) is 23.7 Å². The van der Waals surface area contributed by atoms with Gasteiger partial charge in [-0.05, 0) is 89.6 Å². The third kappa shape index (κ3) is 4.67. The molecule has 0 fully saturated rings. The Morgan fingerprint density at radius 2 is 0.814 bits per heavy atom. The van der Waals surface area contributed by atoms with Crippen molar-refractivity contribution in [3.8, 4) is 28.6 Å². The molecule has 4 aromatic heterocycles. The Labute approximate surface area is 338 Å². The first-order valence-corrected chi connectivity index (χ1v) is 20.1. The molecule has 0 spiro atoms. The fourth-order valence-corrected chi connectivity index (χ4v) is 9.59. The van der Waals surface area contributed by atoms with Gasteiger partial charge in [0.15, 0.2) is 5.82 Å². The van der Waals surface area contributed by atoms with E-state index in [-0.39, 0.29) is 0 Å². The summed E-state index contributed by atoms with van der Waals surface area (Å²) in [5, 5.41) is 10.7. The van der Waals surface area contributed by atoms with E-state index < -0.39 is 0 Å². The van der Waals surface area contributed by atoms with E-state index in [2.05, 4.69) is 214 Å². The van der Waals surface area contributed by atoms with Crippen molar-refractivity contribution in [3.05, 3.63) is 200 Å². The highest BCUT2D eigenvalue weighted by molar-refractivity contribution is 6.15. The van der Waals surface area contributed by atoms with Gasteiger partial charge in [-0.3, -0.25) is 4.57 Å². The first-order chi connectivity index (χ1) is 29.3. The molecule has 0 bridgehead atoms. The van der Waals surface area contributed by atoms with E-state index in [1.807, 2.05) is 0 Å². The molecule has 4 heterocycles. The zero-order valence-electron chi connectivity index (χ0n) is 31.8. The van der Waals surface area contributed by atoms with Crippen LogP contribution in [0.15, 0.2) is 200 Å². The number of hydrogen-bond donors (Lipinski definition) is 0. The average molecular weight is 752 g/mol. The molecule has 0 radical (unpaired) electrons. The smallest absolute Gasteiger partial charge is 0.162 e. The molecule has 274 valence electrons. The number of rotatable bonds is 4. The third-order valence-electron chi connectivity index (χ3n) is 12.2. The van der Waals surface area contributed by atoms with E-state index >= 15 is 0 Å². The number of fused-ring (bicyclic) bond motifs is 11. The Balaban J connectivity index is 1.06. The van der Waals surface area contributed by atoms with E-state index in [1.165, 1.54) is 59.6 Å². The van der Waals surface area contributed by atoms with Crippen molar-refractivity contribution in [2.45, 2.75) is 0 Å². The minimum Gasteiger partial charge on any atom is -0.309 e. The molecule has 0 amide bonds. The predicted octanol–water partition coefficient (Wildman–Crippen LogP) is 13.7. The number of hydrogen-bond acceptors (Lipinski definition) is 2. The SMILES string of the molecule is c1ccc(-n2c3ccccc3c3ccc(-c4nc(-n5c6ccccc6c6cc7ccc(-n8c9ccccc9c9ccccc98)cc7cc65)c5ccccc5n4)cc32)cc1. The van der Waals surface area contributed by atoms with Crippen molar-refractivity contribution in [2.75, 3.05) is 0 Å². The van der Waals surface area contributed by atoms with Gasteiger partial charge in [0.1, 0.15) is 5.82 Å². The van der Waals surface area contributed by atoms with E-state index in [9.17, 15) is 0 Å². The summed E-state index contributed by atoms with van der Waals surface area (Å²) in [5.41, 5.74) is 11.0. The maximum absolute atomic E-state index is 5.52. The molecule has 5 nitrogen and oxygen atoms in total. The van der Waals surface area contributed by atoms with Crippen LogP contribution in [0.3, 0.4) is 0 Å². The summed E-state index contributed by atoms with van der Waals surface area (Å²) in [5.74, 6) is 1.55. The maximum Gasteiger partial charge on any atom is 0.162 e. The van der Waals surface area contributed by atoms with Crippen molar-refractivity contribution in [1.29, 1.82) is 0 Å². The highest BCUT2D eigenvalue weighted by Gasteiger charge is 2.20. The standard InChI is InChI=1S/C54H33N5/c1-2-14-37(15-3-1)57-47-22-10-7-18-41(47)43-29-27-35(32-51(43)57)53-55-46-21-9-4-20-44(46)54(56-53)59-50-25-13-8-19-42(50)45-31-34-26-28-38(30-36(34)33-52(45)59)58-48-23-11-5-16-39(48)40-17-6-12-24-49(40)58/h1-33H. The van der Waals surface area contributed by atoms with Crippen LogP contribution in [0.2, 0.25) is 0 Å². The van der Waals surface area contributed by atoms with Gasteiger partial charge in [-0.15, -0.1) is 0 Å². The van der Waals surface area contributed by atoms with Crippen LogP contribution in [0, 0.1) is 0 Å². The molecule has 0 saturated heterocycles. The van der Waals surface area contributed by atoms with Gasteiger partial charge < -0.3 is 9.13 Å². The van der Waals surface area contributed by atoms with E-state index in [0.717, 1.165) is 50.2 Å². The van der Waals surface area contributed by atoms with Gasteiger partial charge in [0, 0.05) is 54.6 Å². The van der Waals surface area contributed by atoms with Crippen molar-refractivity contribution >= 4 is 87.1 Å². The number of benzene rings is 9. The van der Waals surface area contributed by atoms with Crippen molar-refractivity contribution in [3.63, 3.8) is 0 Å². The Morgan fingerprint density at radius 3 is 1.49 bits per heavy atom. The molecule has 0 aliphatic heterocycles. The third-order valence-corrected chi connectivity index (χ3v) is 12.2. The molecule has 5 heteroatoms. The highest BCUT2D eigenvalue weighted by atomic mass is 15.1. The number of aromatic nitrogens is 5. The summed E-state index contributed by atoms with van der Waals surface area (Å²) in [7, 11) is 0. The van der Waals surface area contributed by atoms with E-state index in [1.54, 1.807) is 0 Å². The molecule has 9 aromatic carbocycles. The zero-order chi connectivity index (χ0) is 38.6. The number of para-hydroxylation sites is 6. The molecule has 13 rings (SSSR count). The second-order valence-corrected chi connectivity index (χ2v) is 15.4. The number of nitrogens with zero attached hydrogens (tertiary/aromatic N) is 5. The fraction of sp³-hybridized carbons (Fsp3) is 0. The van der Waals surface area contributed by atoms with Crippen LogP contribution in [0.5, 0.6) is 0 Å². The molecule has 0 atom stereocenters. The topological polar surface area (TPSA) is 40.6 Å². The van der Waals surface area contributed by atoms with E-state index in [0.29, 0.717) is 5.82 Å². The van der Waals surface area contributed by atoms with Gasteiger partial charge in [0.25, 0.3) is 0 Å². The molecular weight excluding hydrogens is 719 g/mol. The lowest BCUT2D eigenvalue weighted by Crippen LogP contribution is -2.03. The Bertz CT molecular complexity index is 3800. The Morgan fingerprint density at radius 1 is 0.288 bits per heavy atom. The van der Waals surface area contributed by atoms with E-state index in [4.69, 9.17) is 9.97 Å². The summed E-state index contributed by atoms with van der Waals surface area (Å²) in [6, 6.07) is 71.9. The van der Waals surface area contributed by atoms with Gasteiger partial charge in [-0.2, -0.15) is 0 Å². The molecule has 0 aliphatic carbocycles. The molecule has 59 heavy (non-hydrogen) atoms. The van der Waals surface area contributed by atoms with Crippen LogP contribution in [0.4, 0.5) is 0 Å². The van der Waals surface area contributed by atoms with Gasteiger partial charge in [-0.25, -0.2) is 9.97 Å². The first kappa shape index (κ1) is 32.1. The Hall–Kier alpha value is -8.02. The molecule has 0 saturated carbocycles. The lowest BCUT2D eigenvalue weighted by Gasteiger charge is -2.14. The predicted molar refractivity (Wildman–Crippen MR) is 245 cm³/mol. The largest absolute Gasteiger partial charge is 0.309 e. The molecular formula is C54H33N5. The molecule has 0 N–H and O–H groups in total. The van der Waals surface area contributed by atoms with Gasteiger partial charge in [-0.1, -0.05) is 121 Å². The summed E-state index contributed by atoms with van der Waals surface area (Å²) in [4.78, 5) is 10.8. The van der Waals surface area contributed by atoms with Crippen LogP contribution in [-0.2, 0) is 0 Å². The maximum atomic E-state index is 5.52. The zero-order valence-corrected chi connectivity index (χ0v) is 31.8. The summed E-state index contributed by atoms with van der Waals surface area (Å²) in [6.45, 7) is 0.